The first-order valence-corrected chi connectivity index (χ1v) is 9.13. The Kier molecular flexibility index (Phi) is 5.00. The van der Waals surface area contributed by atoms with E-state index in [1.165, 1.54) is 12.1 Å². The zero-order valence-corrected chi connectivity index (χ0v) is 13.0. The third-order valence-electron chi connectivity index (χ3n) is 3.96. The Morgan fingerprint density at radius 2 is 1.76 bits per heavy atom. The third kappa shape index (κ3) is 4.28. The van der Waals surface area contributed by atoms with Crippen molar-refractivity contribution < 1.29 is 13.2 Å². The van der Waals surface area contributed by atoms with E-state index in [9.17, 15) is 13.2 Å². The second-order valence-electron chi connectivity index (χ2n) is 5.69. The van der Waals surface area contributed by atoms with Crippen LogP contribution in [-0.2, 0) is 14.6 Å². The molecular formula is C15H22N2O3S. The number of rotatable bonds is 3. The standard InChI is InChI=1S/C15H22N2O3S/c1-21(19,20)12-9-7-11(8-10-12)17-15(18)13-5-3-2-4-6-14(13)16/h7-10,13-14H,2-6,16H2,1H3,(H,17,18). The molecular weight excluding hydrogens is 288 g/mol. The molecule has 0 bridgehead atoms. The Balaban J connectivity index is 2.05. The van der Waals surface area contributed by atoms with Crippen molar-refractivity contribution in [2.75, 3.05) is 11.6 Å². The number of nitrogens with two attached hydrogens (primary N) is 1. The van der Waals surface area contributed by atoms with Gasteiger partial charge in [-0.3, -0.25) is 4.79 Å². The number of amides is 1. The number of sulfone groups is 1. The first-order valence-electron chi connectivity index (χ1n) is 7.24. The Hall–Kier alpha value is -1.40. The SMILES string of the molecule is CS(=O)(=O)c1ccc(NC(=O)C2CCCCCC2N)cc1. The number of hydrogen-bond acceptors (Lipinski definition) is 4. The van der Waals surface area contributed by atoms with Gasteiger partial charge in [0.05, 0.1) is 10.8 Å². The molecule has 1 aliphatic carbocycles. The molecule has 0 saturated heterocycles. The lowest BCUT2D eigenvalue weighted by Gasteiger charge is -2.20. The van der Waals surface area contributed by atoms with E-state index in [2.05, 4.69) is 5.32 Å². The van der Waals surface area contributed by atoms with Gasteiger partial charge in [0.1, 0.15) is 0 Å². The zero-order valence-electron chi connectivity index (χ0n) is 12.2. The van der Waals surface area contributed by atoms with Crippen molar-refractivity contribution in [2.45, 2.75) is 43.0 Å². The molecule has 5 nitrogen and oxygen atoms in total. The van der Waals surface area contributed by atoms with Gasteiger partial charge in [-0.2, -0.15) is 0 Å². The van der Waals surface area contributed by atoms with Gasteiger partial charge in [0.25, 0.3) is 0 Å². The van der Waals surface area contributed by atoms with Crippen LogP contribution < -0.4 is 11.1 Å². The molecule has 21 heavy (non-hydrogen) atoms. The van der Waals surface area contributed by atoms with Crippen LogP contribution in [0.1, 0.15) is 32.1 Å². The lowest BCUT2D eigenvalue weighted by molar-refractivity contribution is -0.120. The summed E-state index contributed by atoms with van der Waals surface area (Å²) in [5.41, 5.74) is 6.68. The third-order valence-corrected chi connectivity index (χ3v) is 5.08. The van der Waals surface area contributed by atoms with Crippen molar-refractivity contribution in [3.63, 3.8) is 0 Å². The highest BCUT2D eigenvalue weighted by atomic mass is 32.2. The van der Waals surface area contributed by atoms with Crippen LogP contribution in [0.25, 0.3) is 0 Å². The van der Waals surface area contributed by atoms with Crippen LogP contribution in [0.2, 0.25) is 0 Å². The summed E-state index contributed by atoms with van der Waals surface area (Å²) in [7, 11) is -3.21. The van der Waals surface area contributed by atoms with Crippen LogP contribution in [0, 0.1) is 5.92 Å². The second kappa shape index (κ2) is 6.58. The van der Waals surface area contributed by atoms with Gasteiger partial charge in [0, 0.05) is 18.0 Å². The first-order chi connectivity index (χ1) is 9.88. The van der Waals surface area contributed by atoms with Crippen LogP contribution in [0.4, 0.5) is 5.69 Å². The van der Waals surface area contributed by atoms with E-state index in [1.807, 2.05) is 0 Å². The Bertz CT molecular complexity index is 596. The smallest absolute Gasteiger partial charge is 0.229 e. The monoisotopic (exact) mass is 310 g/mol. The van der Waals surface area contributed by atoms with Crippen molar-refractivity contribution >= 4 is 21.4 Å². The fourth-order valence-electron chi connectivity index (χ4n) is 2.68. The molecule has 1 aromatic carbocycles. The van der Waals surface area contributed by atoms with Crippen molar-refractivity contribution in [3.05, 3.63) is 24.3 Å². The molecule has 6 heteroatoms. The maximum Gasteiger partial charge on any atom is 0.229 e. The summed E-state index contributed by atoms with van der Waals surface area (Å²) in [6.07, 6.45) is 6.08. The van der Waals surface area contributed by atoms with Crippen molar-refractivity contribution in [1.82, 2.24) is 0 Å². The minimum absolute atomic E-state index is 0.0727. The fourth-order valence-corrected chi connectivity index (χ4v) is 3.31. The summed E-state index contributed by atoms with van der Waals surface area (Å²) in [5.74, 6) is -0.237. The zero-order chi connectivity index (χ0) is 15.5. The van der Waals surface area contributed by atoms with E-state index >= 15 is 0 Å². The second-order valence-corrected chi connectivity index (χ2v) is 7.71. The van der Waals surface area contributed by atoms with Crippen LogP contribution in [-0.4, -0.2) is 26.6 Å². The van der Waals surface area contributed by atoms with Crippen molar-refractivity contribution in [3.8, 4) is 0 Å². The minimum atomic E-state index is -3.21. The molecule has 1 aromatic rings. The van der Waals surface area contributed by atoms with Crippen molar-refractivity contribution in [2.24, 2.45) is 11.7 Å². The first kappa shape index (κ1) is 16.0. The average molecular weight is 310 g/mol. The number of carbonyl (C=O) groups excluding carboxylic acids is 1. The Morgan fingerprint density at radius 3 is 2.38 bits per heavy atom. The van der Waals surface area contributed by atoms with Gasteiger partial charge in [-0.05, 0) is 37.1 Å². The summed E-state index contributed by atoms with van der Waals surface area (Å²) >= 11 is 0. The number of benzene rings is 1. The number of carbonyl (C=O) groups is 1. The summed E-state index contributed by atoms with van der Waals surface area (Å²) in [6.45, 7) is 0. The molecule has 0 aromatic heterocycles. The van der Waals surface area contributed by atoms with Gasteiger partial charge < -0.3 is 11.1 Å². The molecule has 2 atom stereocenters. The highest BCUT2D eigenvalue weighted by Gasteiger charge is 2.27. The van der Waals surface area contributed by atoms with Crippen molar-refractivity contribution in [1.29, 1.82) is 0 Å². The molecule has 2 unspecified atom stereocenters. The summed E-state index contributed by atoms with van der Waals surface area (Å²) in [4.78, 5) is 12.5. The van der Waals surface area contributed by atoms with E-state index in [1.54, 1.807) is 12.1 Å². The van der Waals surface area contributed by atoms with Crippen LogP contribution in [0.3, 0.4) is 0 Å². The highest BCUT2D eigenvalue weighted by Crippen LogP contribution is 2.24. The maximum absolute atomic E-state index is 12.3. The largest absolute Gasteiger partial charge is 0.327 e. The minimum Gasteiger partial charge on any atom is -0.327 e. The molecule has 1 fully saturated rings. The van der Waals surface area contributed by atoms with E-state index in [0.29, 0.717) is 5.69 Å². The molecule has 0 spiro atoms. The predicted octanol–water partition coefficient (Wildman–Crippen LogP) is 1.94. The molecule has 1 amide bonds. The van der Waals surface area contributed by atoms with E-state index < -0.39 is 9.84 Å². The van der Waals surface area contributed by atoms with E-state index in [0.717, 1.165) is 38.4 Å². The molecule has 116 valence electrons. The summed E-state index contributed by atoms with van der Waals surface area (Å²) in [6, 6.07) is 6.12. The van der Waals surface area contributed by atoms with Gasteiger partial charge >= 0.3 is 0 Å². The average Bonchev–Trinajstić information content (AvgIpc) is 2.63. The quantitative estimate of drug-likeness (QED) is 0.835. The molecule has 3 N–H and O–H groups in total. The maximum atomic E-state index is 12.3. The van der Waals surface area contributed by atoms with Gasteiger partial charge in [0.2, 0.25) is 5.91 Å². The Morgan fingerprint density at radius 1 is 1.14 bits per heavy atom. The van der Waals surface area contributed by atoms with Crippen LogP contribution in [0.5, 0.6) is 0 Å². The topological polar surface area (TPSA) is 89.3 Å². The lowest BCUT2D eigenvalue weighted by Crippen LogP contribution is -2.37. The molecule has 0 aliphatic heterocycles. The summed E-state index contributed by atoms with van der Waals surface area (Å²) < 4.78 is 22.8. The number of nitrogens with one attached hydrogen (secondary N) is 1. The van der Waals surface area contributed by atoms with Gasteiger partial charge in [0.15, 0.2) is 9.84 Å². The van der Waals surface area contributed by atoms with Gasteiger partial charge in [-0.15, -0.1) is 0 Å². The molecule has 1 saturated carbocycles. The van der Waals surface area contributed by atoms with Gasteiger partial charge in [-0.1, -0.05) is 19.3 Å². The highest BCUT2D eigenvalue weighted by molar-refractivity contribution is 7.90. The summed E-state index contributed by atoms with van der Waals surface area (Å²) in [5, 5.41) is 2.83. The fraction of sp³-hybridized carbons (Fsp3) is 0.533. The van der Waals surface area contributed by atoms with Crippen LogP contribution in [0.15, 0.2) is 29.2 Å². The predicted molar refractivity (Wildman–Crippen MR) is 82.7 cm³/mol. The van der Waals surface area contributed by atoms with Gasteiger partial charge in [-0.25, -0.2) is 8.42 Å². The van der Waals surface area contributed by atoms with E-state index in [4.69, 9.17) is 5.73 Å². The van der Waals surface area contributed by atoms with E-state index in [-0.39, 0.29) is 22.8 Å². The number of hydrogen-bond donors (Lipinski definition) is 2. The lowest BCUT2D eigenvalue weighted by atomic mass is 9.94. The molecule has 0 radical (unpaired) electrons. The normalized spacial score (nSPS) is 23.3. The van der Waals surface area contributed by atoms with Crippen LogP contribution >= 0.6 is 0 Å². The number of anilines is 1. The Labute approximate surface area is 125 Å². The molecule has 2 rings (SSSR count). The molecule has 0 heterocycles. The molecule has 1 aliphatic rings.